The van der Waals surface area contributed by atoms with Gasteiger partial charge in [-0.3, -0.25) is 9.97 Å². The van der Waals surface area contributed by atoms with Gasteiger partial charge in [0.25, 0.3) is 0 Å². The number of aromatic nitrogens is 2. The van der Waals surface area contributed by atoms with Gasteiger partial charge in [0, 0.05) is 54.3 Å². The molecule has 0 aliphatic rings. The van der Waals surface area contributed by atoms with Crippen molar-refractivity contribution in [2.24, 2.45) is 0 Å². The van der Waals surface area contributed by atoms with Crippen LogP contribution < -0.4 is 0 Å². The topological polar surface area (TPSA) is 25.8 Å². The van der Waals surface area contributed by atoms with Gasteiger partial charge in [0.2, 0.25) is 0 Å². The lowest BCUT2D eigenvalue weighted by Crippen LogP contribution is -1.91. The summed E-state index contributed by atoms with van der Waals surface area (Å²) in [6.07, 6.45) is 4.08. The highest BCUT2D eigenvalue weighted by Crippen LogP contribution is 2.46. The van der Waals surface area contributed by atoms with Crippen LogP contribution in [0.25, 0.3) is 21.8 Å². The van der Waals surface area contributed by atoms with E-state index in [0.29, 0.717) is 0 Å². The molecule has 0 amide bonds. The highest BCUT2D eigenvalue weighted by Gasteiger charge is 2.17. The second-order valence-electron chi connectivity index (χ2n) is 8.59. The molecule has 6 rings (SSSR count). The molecule has 2 heterocycles. The van der Waals surface area contributed by atoms with E-state index in [4.69, 9.17) is 9.97 Å². The molecule has 37 heavy (non-hydrogen) atoms. The second kappa shape index (κ2) is 11.4. The van der Waals surface area contributed by atoms with Gasteiger partial charge < -0.3 is 0 Å². The van der Waals surface area contributed by atoms with Gasteiger partial charge >= 0.3 is 0 Å². The van der Waals surface area contributed by atoms with Crippen LogP contribution in [0.2, 0.25) is 0 Å². The summed E-state index contributed by atoms with van der Waals surface area (Å²) in [4.78, 5) is 14.5. The van der Waals surface area contributed by atoms with Crippen LogP contribution in [-0.2, 0) is 11.5 Å². The van der Waals surface area contributed by atoms with Crippen LogP contribution in [-0.4, -0.2) is 9.97 Å². The molecule has 5 heteroatoms. The third-order valence-corrected chi connectivity index (χ3v) is 9.81. The fourth-order valence-corrected chi connectivity index (χ4v) is 7.63. The first-order chi connectivity index (χ1) is 18.3. The van der Waals surface area contributed by atoms with Gasteiger partial charge in [0.05, 0.1) is 11.0 Å². The van der Waals surface area contributed by atoms with Crippen molar-refractivity contribution in [2.45, 2.75) is 31.1 Å². The van der Waals surface area contributed by atoms with E-state index in [1.807, 2.05) is 47.7 Å². The molecule has 0 spiro atoms. The monoisotopic (exact) mass is 532 g/mol. The highest BCUT2D eigenvalue weighted by atomic mass is 32.2. The van der Waals surface area contributed by atoms with Crippen LogP contribution in [0.4, 0.5) is 0 Å². The van der Waals surface area contributed by atoms with Crippen LogP contribution in [0.3, 0.4) is 0 Å². The summed E-state index contributed by atoms with van der Waals surface area (Å²) in [6, 6.07) is 38.2. The molecule has 0 saturated heterocycles. The molecule has 0 fully saturated rings. The van der Waals surface area contributed by atoms with Crippen molar-refractivity contribution in [1.29, 1.82) is 0 Å². The van der Waals surface area contributed by atoms with Gasteiger partial charge in [-0.2, -0.15) is 0 Å². The van der Waals surface area contributed by atoms with Crippen LogP contribution in [0, 0.1) is 0 Å². The van der Waals surface area contributed by atoms with Crippen LogP contribution in [0.5, 0.6) is 0 Å². The van der Waals surface area contributed by atoms with E-state index >= 15 is 0 Å². The third kappa shape index (κ3) is 5.54. The zero-order valence-electron chi connectivity index (χ0n) is 20.1. The standard InChI is InChI=1S/C32H24N2S3/c1-3-11-23(12-4-1)21-35-29-19-33-27-17-9-7-15-25(27)31(29)37-32-26-16-8-10-18-28(26)34-20-30(32)36-22-24-13-5-2-6-14-24/h1-20H,21-22H2. The number of hydrogen-bond donors (Lipinski definition) is 0. The van der Waals surface area contributed by atoms with E-state index in [2.05, 4.69) is 109 Å². The molecular weight excluding hydrogens is 509 g/mol. The number of hydrogen-bond acceptors (Lipinski definition) is 5. The maximum absolute atomic E-state index is 4.80. The molecule has 0 saturated carbocycles. The number of thioether (sulfide) groups is 2. The van der Waals surface area contributed by atoms with Crippen LogP contribution >= 0.6 is 35.3 Å². The fourth-order valence-electron chi connectivity index (χ4n) is 4.18. The summed E-state index contributed by atoms with van der Waals surface area (Å²) < 4.78 is 0. The van der Waals surface area contributed by atoms with Crippen molar-refractivity contribution in [2.75, 3.05) is 0 Å². The molecule has 4 aromatic carbocycles. The third-order valence-electron chi connectivity index (χ3n) is 6.07. The second-order valence-corrected chi connectivity index (χ2v) is 11.6. The first-order valence-corrected chi connectivity index (χ1v) is 14.9. The molecule has 2 nitrogen and oxygen atoms in total. The van der Waals surface area contributed by atoms with Crippen LogP contribution in [0.15, 0.2) is 141 Å². The summed E-state index contributed by atoms with van der Waals surface area (Å²) in [5, 5.41) is 2.37. The van der Waals surface area contributed by atoms with Crippen molar-refractivity contribution in [3.63, 3.8) is 0 Å². The summed E-state index contributed by atoms with van der Waals surface area (Å²) in [7, 11) is 0. The first-order valence-electron chi connectivity index (χ1n) is 12.1. The average molecular weight is 533 g/mol. The highest BCUT2D eigenvalue weighted by molar-refractivity contribution is 8.03. The van der Waals surface area contributed by atoms with Gasteiger partial charge in [-0.25, -0.2) is 0 Å². The number of rotatable bonds is 8. The maximum atomic E-state index is 4.80. The lowest BCUT2D eigenvalue weighted by molar-refractivity contribution is 1.16. The summed E-state index contributed by atoms with van der Waals surface area (Å²) in [6.45, 7) is 0. The predicted molar refractivity (Wildman–Crippen MR) is 160 cm³/mol. The van der Waals surface area contributed by atoms with Crippen molar-refractivity contribution >= 4 is 57.1 Å². The molecule has 0 N–H and O–H groups in total. The van der Waals surface area contributed by atoms with Gasteiger partial charge in [0.1, 0.15) is 0 Å². The quantitative estimate of drug-likeness (QED) is 0.182. The van der Waals surface area contributed by atoms with E-state index < -0.39 is 0 Å². The molecule has 0 unspecified atom stereocenters. The Bertz CT molecular complexity index is 1530. The van der Waals surface area contributed by atoms with Crippen LogP contribution in [0.1, 0.15) is 11.1 Å². The molecule has 0 aliphatic heterocycles. The summed E-state index contributed by atoms with van der Waals surface area (Å²) >= 11 is 5.55. The molecule has 0 atom stereocenters. The molecule has 2 aromatic heterocycles. The van der Waals surface area contributed by atoms with E-state index in [1.165, 1.54) is 41.5 Å². The van der Waals surface area contributed by atoms with E-state index in [-0.39, 0.29) is 0 Å². The Morgan fingerprint density at radius 2 is 0.865 bits per heavy atom. The zero-order valence-corrected chi connectivity index (χ0v) is 22.5. The fraction of sp³-hybridized carbons (Fsp3) is 0.0625. The average Bonchev–Trinajstić information content (AvgIpc) is 2.97. The Labute approximate surface area is 230 Å². The SMILES string of the molecule is c1ccc(CSc2cnc3ccccc3c2Sc2c(SCc3ccccc3)cnc3ccccc23)cc1. The van der Waals surface area contributed by atoms with E-state index in [0.717, 1.165) is 22.5 Å². The van der Waals surface area contributed by atoms with Gasteiger partial charge in [-0.15, -0.1) is 23.5 Å². The van der Waals surface area contributed by atoms with E-state index in [9.17, 15) is 0 Å². The normalized spacial score (nSPS) is 11.2. The lowest BCUT2D eigenvalue weighted by Gasteiger charge is -2.16. The molecule has 0 aliphatic carbocycles. The van der Waals surface area contributed by atoms with Crippen molar-refractivity contribution in [1.82, 2.24) is 9.97 Å². The first kappa shape index (κ1) is 24.1. The molecule has 0 bridgehead atoms. The number of para-hydroxylation sites is 2. The largest absolute Gasteiger partial charge is 0.255 e. The van der Waals surface area contributed by atoms with E-state index in [1.54, 1.807) is 0 Å². The minimum absolute atomic E-state index is 0.904. The number of nitrogens with zero attached hydrogens (tertiary/aromatic N) is 2. The Hall–Kier alpha value is -3.25. The van der Waals surface area contributed by atoms with Crippen molar-refractivity contribution in [3.8, 4) is 0 Å². The van der Waals surface area contributed by atoms with Crippen molar-refractivity contribution in [3.05, 3.63) is 133 Å². The Morgan fingerprint density at radius 1 is 0.459 bits per heavy atom. The number of fused-ring (bicyclic) bond motifs is 2. The molecular formula is C32H24N2S3. The number of pyridine rings is 2. The Morgan fingerprint density at radius 3 is 1.32 bits per heavy atom. The van der Waals surface area contributed by atoms with Gasteiger partial charge in [-0.05, 0) is 23.3 Å². The minimum Gasteiger partial charge on any atom is -0.255 e. The lowest BCUT2D eigenvalue weighted by atomic mass is 10.2. The maximum Gasteiger partial charge on any atom is 0.0714 e. The molecule has 0 radical (unpaired) electrons. The summed E-state index contributed by atoms with van der Waals surface area (Å²) in [5.74, 6) is 1.81. The number of benzene rings is 4. The van der Waals surface area contributed by atoms with Gasteiger partial charge in [0.15, 0.2) is 0 Å². The Balaban J connectivity index is 1.42. The van der Waals surface area contributed by atoms with Gasteiger partial charge in [-0.1, -0.05) is 109 Å². The molecule has 6 aromatic rings. The minimum atomic E-state index is 0.904. The molecule has 180 valence electrons. The smallest absolute Gasteiger partial charge is 0.0714 e. The zero-order chi connectivity index (χ0) is 24.9. The Kier molecular flexibility index (Phi) is 7.45. The predicted octanol–water partition coefficient (Wildman–Crippen LogP) is 9.52. The summed E-state index contributed by atoms with van der Waals surface area (Å²) in [5.41, 5.74) is 4.66. The van der Waals surface area contributed by atoms with Crippen molar-refractivity contribution < 1.29 is 0 Å².